The summed E-state index contributed by atoms with van der Waals surface area (Å²) in [4.78, 5) is 30.5. The summed E-state index contributed by atoms with van der Waals surface area (Å²) >= 11 is 6.20. The summed E-state index contributed by atoms with van der Waals surface area (Å²) in [5.74, 6) is -1.85. The van der Waals surface area contributed by atoms with Crippen LogP contribution < -0.4 is 15.4 Å². The van der Waals surface area contributed by atoms with E-state index in [1.807, 2.05) is 0 Å². The van der Waals surface area contributed by atoms with Gasteiger partial charge in [0.15, 0.2) is 18.1 Å². The van der Waals surface area contributed by atoms with Crippen molar-refractivity contribution in [2.75, 3.05) is 18.5 Å². The summed E-state index contributed by atoms with van der Waals surface area (Å²) in [6, 6.07) is 7.42. The van der Waals surface area contributed by atoms with Gasteiger partial charge in [0.2, 0.25) is 5.88 Å². The number of carbonyl (C=O) groups excluding carboxylic acids is 2. The fourth-order valence-corrected chi connectivity index (χ4v) is 3.63. The molecule has 0 unspecified atom stereocenters. The van der Waals surface area contributed by atoms with E-state index in [0.29, 0.717) is 11.1 Å². The molecular formula is C23H19ClF3N7O3. The first kappa shape index (κ1) is 25.7. The van der Waals surface area contributed by atoms with Crippen LogP contribution in [0, 0.1) is 6.92 Å². The number of aryl methyl sites for hydroxylation is 1. The van der Waals surface area contributed by atoms with Crippen LogP contribution in [-0.2, 0) is 0 Å². The Hall–Kier alpha value is -4.39. The second-order valence-electron chi connectivity index (χ2n) is 7.66. The molecule has 0 aliphatic rings. The molecule has 0 aromatic carbocycles. The number of ether oxygens (including phenoxy) is 1. The maximum absolute atomic E-state index is 13.5. The number of carbonyl (C=O) groups is 2. The molecule has 14 heteroatoms. The van der Waals surface area contributed by atoms with E-state index in [9.17, 15) is 22.8 Å². The minimum atomic E-state index is -4.63. The Kier molecular flexibility index (Phi) is 7.16. The minimum absolute atomic E-state index is 0.0145. The predicted octanol–water partition coefficient (Wildman–Crippen LogP) is 3.99. The highest BCUT2D eigenvalue weighted by atomic mass is 35.5. The molecule has 0 spiro atoms. The molecule has 0 atom stereocenters. The number of nitrogens with zero attached hydrogens (tertiary/aromatic N) is 5. The van der Waals surface area contributed by atoms with Crippen molar-refractivity contribution in [1.29, 1.82) is 0 Å². The zero-order chi connectivity index (χ0) is 26.7. The second kappa shape index (κ2) is 10.3. The molecule has 4 heterocycles. The van der Waals surface area contributed by atoms with Crippen LogP contribution in [-0.4, -0.2) is 55.5 Å². The molecule has 0 aliphatic heterocycles. The van der Waals surface area contributed by atoms with Crippen molar-refractivity contribution < 1.29 is 27.5 Å². The molecule has 0 saturated heterocycles. The number of hydrogen-bond acceptors (Lipinski definition) is 6. The van der Waals surface area contributed by atoms with Gasteiger partial charge in [0, 0.05) is 18.8 Å². The Balaban J connectivity index is 1.78. The number of nitrogens with one attached hydrogen (secondary N) is 2. The number of hydrogen-bond donors (Lipinski definition) is 2. The molecule has 0 fully saturated rings. The lowest BCUT2D eigenvalue weighted by atomic mass is 10.1. The molecule has 4 aromatic heterocycles. The van der Waals surface area contributed by atoms with E-state index in [1.54, 1.807) is 19.1 Å². The van der Waals surface area contributed by atoms with Crippen molar-refractivity contribution >= 4 is 34.6 Å². The van der Waals surface area contributed by atoms with Gasteiger partial charge in [-0.2, -0.15) is 18.3 Å². The standard InChI is InChI=1S/C23H19ClF3N7O3/c1-3-7-29-22(36)19-18(13(2)10-14-6-9-30-33(14)19)31-21(35)16-11-17(37-12-23(25,26)27)32-34(16)20-15(24)5-4-8-28-20/h3-6,8-11H,1,7,12H2,2H3,(H,29,36)(H,31,35). The van der Waals surface area contributed by atoms with Gasteiger partial charge < -0.3 is 15.4 Å². The van der Waals surface area contributed by atoms with Crippen LogP contribution in [0.1, 0.15) is 26.5 Å². The average Bonchev–Trinajstić information content (AvgIpc) is 3.48. The molecule has 37 heavy (non-hydrogen) atoms. The second-order valence-corrected chi connectivity index (χ2v) is 8.07. The smallest absolute Gasteiger partial charge is 0.422 e. The van der Waals surface area contributed by atoms with E-state index in [1.165, 1.54) is 35.1 Å². The highest BCUT2D eigenvalue weighted by Crippen LogP contribution is 2.27. The number of anilines is 1. The van der Waals surface area contributed by atoms with Gasteiger partial charge in [-0.25, -0.2) is 14.2 Å². The van der Waals surface area contributed by atoms with E-state index in [4.69, 9.17) is 16.3 Å². The van der Waals surface area contributed by atoms with E-state index in [0.717, 1.165) is 10.7 Å². The topological polar surface area (TPSA) is 115 Å². The van der Waals surface area contributed by atoms with Crippen LogP contribution >= 0.6 is 11.6 Å². The van der Waals surface area contributed by atoms with Crippen LogP contribution in [0.4, 0.5) is 18.9 Å². The quantitative estimate of drug-likeness (QED) is 0.331. The first-order chi connectivity index (χ1) is 17.6. The fraction of sp³-hybridized carbons (Fsp3) is 0.174. The summed E-state index contributed by atoms with van der Waals surface area (Å²) in [5.41, 5.74) is 1.05. The summed E-state index contributed by atoms with van der Waals surface area (Å²) in [6.07, 6.45) is -0.269. The summed E-state index contributed by atoms with van der Waals surface area (Å²) in [7, 11) is 0. The number of aromatic nitrogens is 5. The van der Waals surface area contributed by atoms with Crippen LogP contribution in [0.15, 0.2) is 55.4 Å². The Morgan fingerprint density at radius 1 is 1.22 bits per heavy atom. The first-order valence-electron chi connectivity index (χ1n) is 10.7. The van der Waals surface area contributed by atoms with Crippen LogP contribution in [0.2, 0.25) is 5.02 Å². The normalized spacial score (nSPS) is 11.4. The molecule has 4 rings (SSSR count). The van der Waals surface area contributed by atoms with Crippen molar-refractivity contribution in [1.82, 2.24) is 29.7 Å². The molecule has 0 radical (unpaired) electrons. The molecular weight excluding hydrogens is 515 g/mol. The number of amides is 2. The molecule has 10 nitrogen and oxygen atoms in total. The van der Waals surface area contributed by atoms with E-state index >= 15 is 0 Å². The molecule has 0 bridgehead atoms. The number of alkyl halides is 3. The summed E-state index contributed by atoms with van der Waals surface area (Å²) in [6.45, 7) is 3.79. The lowest BCUT2D eigenvalue weighted by Gasteiger charge is -2.16. The number of halogens is 4. The Morgan fingerprint density at radius 3 is 2.70 bits per heavy atom. The molecule has 192 valence electrons. The van der Waals surface area contributed by atoms with Gasteiger partial charge in [-0.15, -0.1) is 11.7 Å². The van der Waals surface area contributed by atoms with Gasteiger partial charge in [-0.1, -0.05) is 17.7 Å². The van der Waals surface area contributed by atoms with Gasteiger partial charge in [0.25, 0.3) is 11.8 Å². The number of fused-ring (bicyclic) bond motifs is 1. The Morgan fingerprint density at radius 2 is 2.00 bits per heavy atom. The van der Waals surface area contributed by atoms with Crippen LogP contribution in [0.3, 0.4) is 0 Å². The van der Waals surface area contributed by atoms with Gasteiger partial charge >= 0.3 is 6.18 Å². The minimum Gasteiger partial charge on any atom is -0.467 e. The number of pyridine rings is 2. The molecule has 2 amide bonds. The summed E-state index contributed by atoms with van der Waals surface area (Å²) in [5, 5.41) is 13.5. The lowest BCUT2D eigenvalue weighted by molar-refractivity contribution is -0.154. The van der Waals surface area contributed by atoms with Crippen molar-refractivity contribution in [3.63, 3.8) is 0 Å². The van der Waals surface area contributed by atoms with E-state index in [2.05, 4.69) is 32.4 Å². The molecule has 0 aliphatic carbocycles. The maximum atomic E-state index is 13.5. The summed E-state index contributed by atoms with van der Waals surface area (Å²) < 4.78 is 45.2. The lowest BCUT2D eigenvalue weighted by Crippen LogP contribution is -2.29. The fourth-order valence-electron chi connectivity index (χ4n) is 3.43. The Bertz CT molecular complexity index is 1500. The molecule has 2 N–H and O–H groups in total. The number of rotatable bonds is 8. The van der Waals surface area contributed by atoms with Gasteiger partial charge in [-0.05, 0) is 36.8 Å². The van der Waals surface area contributed by atoms with Gasteiger partial charge in [-0.3, -0.25) is 9.59 Å². The van der Waals surface area contributed by atoms with Crippen molar-refractivity contribution in [2.24, 2.45) is 0 Å². The van der Waals surface area contributed by atoms with Crippen LogP contribution in [0.5, 0.6) is 5.88 Å². The molecule has 4 aromatic rings. The predicted molar refractivity (Wildman–Crippen MR) is 128 cm³/mol. The third kappa shape index (κ3) is 5.56. The van der Waals surface area contributed by atoms with Crippen molar-refractivity contribution in [3.8, 4) is 11.7 Å². The average molecular weight is 534 g/mol. The van der Waals surface area contributed by atoms with Crippen LogP contribution in [0.25, 0.3) is 11.3 Å². The zero-order valence-electron chi connectivity index (χ0n) is 19.2. The Labute approximate surface area is 212 Å². The maximum Gasteiger partial charge on any atom is 0.422 e. The third-order valence-electron chi connectivity index (χ3n) is 4.98. The van der Waals surface area contributed by atoms with E-state index in [-0.39, 0.29) is 34.5 Å². The van der Waals surface area contributed by atoms with E-state index < -0.39 is 30.5 Å². The van der Waals surface area contributed by atoms with Crippen molar-refractivity contribution in [3.05, 3.63) is 77.4 Å². The SMILES string of the molecule is C=CCNC(=O)c1c(NC(=O)c2cc(OCC(F)(F)F)nn2-c2ncccc2Cl)c(C)cc2ccnn12. The van der Waals surface area contributed by atoms with Gasteiger partial charge in [0.1, 0.15) is 5.69 Å². The highest BCUT2D eigenvalue weighted by molar-refractivity contribution is 6.32. The monoisotopic (exact) mass is 533 g/mol. The van der Waals surface area contributed by atoms with Crippen molar-refractivity contribution in [2.45, 2.75) is 13.1 Å². The highest BCUT2D eigenvalue weighted by Gasteiger charge is 2.30. The third-order valence-corrected chi connectivity index (χ3v) is 5.28. The zero-order valence-corrected chi connectivity index (χ0v) is 20.0. The first-order valence-corrected chi connectivity index (χ1v) is 11.0. The molecule has 0 saturated carbocycles. The van der Waals surface area contributed by atoms with Gasteiger partial charge in [0.05, 0.1) is 22.4 Å². The largest absolute Gasteiger partial charge is 0.467 e.